The summed E-state index contributed by atoms with van der Waals surface area (Å²) in [5.74, 6) is -0.708. The molecule has 0 bridgehead atoms. The van der Waals surface area contributed by atoms with Crippen LogP contribution in [0.4, 0.5) is 0 Å². The van der Waals surface area contributed by atoms with Crippen molar-refractivity contribution in [1.29, 1.82) is 0 Å². The maximum atomic E-state index is 13.1. The van der Waals surface area contributed by atoms with Crippen LogP contribution in [0.5, 0.6) is 0 Å². The lowest BCUT2D eigenvalue weighted by molar-refractivity contribution is -0.129. The van der Waals surface area contributed by atoms with Crippen LogP contribution in [0.3, 0.4) is 0 Å². The summed E-state index contributed by atoms with van der Waals surface area (Å²) >= 11 is 0. The van der Waals surface area contributed by atoms with Crippen molar-refractivity contribution in [3.05, 3.63) is 65.5 Å². The summed E-state index contributed by atoms with van der Waals surface area (Å²) in [7, 11) is 0. The van der Waals surface area contributed by atoms with E-state index in [1.165, 1.54) is 0 Å². The van der Waals surface area contributed by atoms with Gasteiger partial charge in [0.1, 0.15) is 0 Å². The molecule has 152 valence electrons. The molecule has 1 aromatic carbocycles. The summed E-state index contributed by atoms with van der Waals surface area (Å²) in [6.45, 7) is 0.880. The van der Waals surface area contributed by atoms with Gasteiger partial charge in [0.05, 0.1) is 23.5 Å². The van der Waals surface area contributed by atoms with Gasteiger partial charge in [-0.25, -0.2) is 0 Å². The number of allylic oxidation sites excluding steroid dienone is 3. The average Bonchev–Trinajstić information content (AvgIpc) is 3.14. The number of ether oxygens (including phenoxy) is 1. The third-order valence-corrected chi connectivity index (χ3v) is 5.55. The number of fused-ring (bicyclic) bond motifs is 1. The predicted molar refractivity (Wildman–Crippen MR) is 107 cm³/mol. The molecule has 0 aliphatic carbocycles. The van der Waals surface area contributed by atoms with Crippen molar-refractivity contribution in [2.24, 2.45) is 5.73 Å². The summed E-state index contributed by atoms with van der Waals surface area (Å²) < 4.78 is 5.37. The average molecular weight is 396 g/mol. The Labute approximate surface area is 168 Å². The molecular formula is C21H24N4O4. The highest BCUT2D eigenvalue weighted by molar-refractivity contribution is 5.93. The van der Waals surface area contributed by atoms with Gasteiger partial charge in [0.15, 0.2) is 6.17 Å². The molecule has 1 aromatic rings. The second kappa shape index (κ2) is 7.73. The fourth-order valence-electron chi connectivity index (χ4n) is 3.81. The summed E-state index contributed by atoms with van der Waals surface area (Å²) in [5.41, 5.74) is 7.55. The van der Waals surface area contributed by atoms with Crippen LogP contribution in [0.25, 0.3) is 5.70 Å². The van der Waals surface area contributed by atoms with E-state index < -0.39 is 17.6 Å². The van der Waals surface area contributed by atoms with Crippen molar-refractivity contribution in [3.8, 4) is 0 Å². The van der Waals surface area contributed by atoms with E-state index in [2.05, 4.69) is 10.6 Å². The lowest BCUT2D eigenvalue weighted by Gasteiger charge is -2.38. The molecule has 29 heavy (non-hydrogen) atoms. The van der Waals surface area contributed by atoms with Gasteiger partial charge in [-0.15, -0.1) is 0 Å². The van der Waals surface area contributed by atoms with Crippen molar-refractivity contribution < 1.29 is 19.4 Å². The van der Waals surface area contributed by atoms with E-state index in [1.807, 2.05) is 29.3 Å². The third-order valence-electron chi connectivity index (χ3n) is 5.55. The zero-order valence-electron chi connectivity index (χ0n) is 15.9. The lowest BCUT2D eigenvalue weighted by Crippen LogP contribution is -2.60. The van der Waals surface area contributed by atoms with Gasteiger partial charge in [0.25, 0.3) is 5.91 Å². The van der Waals surface area contributed by atoms with E-state index in [0.29, 0.717) is 31.6 Å². The molecule has 1 atom stereocenters. The molecule has 8 heteroatoms. The van der Waals surface area contributed by atoms with Gasteiger partial charge in [0, 0.05) is 25.0 Å². The van der Waals surface area contributed by atoms with Gasteiger partial charge in [0.2, 0.25) is 5.91 Å². The molecule has 2 amide bonds. The third kappa shape index (κ3) is 3.64. The van der Waals surface area contributed by atoms with Crippen molar-refractivity contribution in [2.75, 3.05) is 19.8 Å². The number of aliphatic hydroxyl groups excluding tert-OH is 1. The Morgan fingerprint density at radius 3 is 2.62 bits per heavy atom. The highest BCUT2D eigenvalue weighted by Crippen LogP contribution is 2.31. The number of amides is 2. The Morgan fingerprint density at radius 2 is 1.97 bits per heavy atom. The Bertz CT molecular complexity index is 898. The van der Waals surface area contributed by atoms with Gasteiger partial charge in [-0.3, -0.25) is 9.59 Å². The van der Waals surface area contributed by atoms with E-state index in [9.17, 15) is 14.7 Å². The van der Waals surface area contributed by atoms with Crippen molar-refractivity contribution in [2.45, 2.75) is 24.5 Å². The lowest BCUT2D eigenvalue weighted by atomic mass is 9.91. The van der Waals surface area contributed by atoms with E-state index in [-0.39, 0.29) is 12.5 Å². The van der Waals surface area contributed by atoms with Crippen LogP contribution >= 0.6 is 0 Å². The van der Waals surface area contributed by atoms with Crippen LogP contribution in [0.2, 0.25) is 0 Å². The minimum absolute atomic E-state index is 0.133. The zero-order valence-corrected chi connectivity index (χ0v) is 15.9. The number of primary amides is 1. The number of nitrogens with zero attached hydrogens (tertiary/aromatic N) is 1. The number of hydrogen-bond donors (Lipinski definition) is 4. The first-order valence-corrected chi connectivity index (χ1v) is 9.58. The van der Waals surface area contributed by atoms with Crippen molar-refractivity contribution in [1.82, 2.24) is 15.5 Å². The van der Waals surface area contributed by atoms with E-state index in [1.54, 1.807) is 24.3 Å². The number of carbonyl (C=O) groups is 2. The second-order valence-corrected chi connectivity index (χ2v) is 7.40. The summed E-state index contributed by atoms with van der Waals surface area (Å²) in [4.78, 5) is 26.3. The maximum Gasteiger partial charge on any atom is 0.264 e. The molecule has 1 fully saturated rings. The fourth-order valence-corrected chi connectivity index (χ4v) is 3.81. The standard InChI is InChI=1S/C21H24N4O4/c22-18(27)15-6-4-14(5-7-15)17-16-3-1-2-10-25(16)19(23-17)20(28)24-21(13-26)8-11-29-12-9-21/h1-7,10,19,23,26H,8-9,11-13H2,(H2,22,27)(H,24,28). The van der Waals surface area contributed by atoms with Crippen LogP contribution in [0.1, 0.15) is 28.8 Å². The molecule has 3 aliphatic heterocycles. The Kier molecular flexibility index (Phi) is 5.12. The topological polar surface area (TPSA) is 117 Å². The molecule has 4 rings (SSSR count). The van der Waals surface area contributed by atoms with Crippen LogP contribution in [-0.2, 0) is 9.53 Å². The molecule has 8 nitrogen and oxygen atoms in total. The minimum Gasteiger partial charge on any atom is -0.394 e. The smallest absolute Gasteiger partial charge is 0.264 e. The number of nitrogens with one attached hydrogen (secondary N) is 2. The quantitative estimate of drug-likeness (QED) is 0.573. The molecule has 0 radical (unpaired) electrons. The number of aliphatic hydroxyl groups is 1. The highest BCUT2D eigenvalue weighted by atomic mass is 16.5. The first-order chi connectivity index (χ1) is 14.0. The van der Waals surface area contributed by atoms with Crippen LogP contribution < -0.4 is 16.4 Å². The van der Waals surface area contributed by atoms with Crippen LogP contribution in [0.15, 0.2) is 54.4 Å². The van der Waals surface area contributed by atoms with Gasteiger partial charge in [-0.1, -0.05) is 18.2 Å². The van der Waals surface area contributed by atoms with E-state index >= 15 is 0 Å². The highest BCUT2D eigenvalue weighted by Gasteiger charge is 2.40. The molecule has 0 saturated carbocycles. The summed E-state index contributed by atoms with van der Waals surface area (Å²) in [6, 6.07) is 6.92. The molecule has 3 aliphatic rings. The first-order valence-electron chi connectivity index (χ1n) is 9.58. The van der Waals surface area contributed by atoms with Crippen LogP contribution in [-0.4, -0.2) is 53.3 Å². The largest absolute Gasteiger partial charge is 0.394 e. The Morgan fingerprint density at radius 1 is 1.24 bits per heavy atom. The molecule has 3 heterocycles. The maximum absolute atomic E-state index is 13.1. The second-order valence-electron chi connectivity index (χ2n) is 7.40. The first kappa shape index (κ1) is 19.2. The van der Waals surface area contributed by atoms with E-state index in [4.69, 9.17) is 10.5 Å². The number of nitrogens with two attached hydrogens (primary N) is 1. The Hall–Kier alpha value is -3.10. The van der Waals surface area contributed by atoms with Crippen LogP contribution in [0, 0.1) is 0 Å². The number of hydrogen-bond acceptors (Lipinski definition) is 6. The van der Waals surface area contributed by atoms with Gasteiger partial charge < -0.3 is 31.1 Å². The predicted octanol–water partition coefficient (Wildman–Crippen LogP) is 0.427. The molecule has 0 spiro atoms. The number of rotatable bonds is 5. The van der Waals surface area contributed by atoms with Crippen molar-refractivity contribution >= 4 is 17.5 Å². The van der Waals surface area contributed by atoms with Gasteiger partial charge in [-0.2, -0.15) is 0 Å². The van der Waals surface area contributed by atoms with Gasteiger partial charge >= 0.3 is 0 Å². The normalized spacial score (nSPS) is 22.2. The molecule has 1 saturated heterocycles. The summed E-state index contributed by atoms with van der Waals surface area (Å²) in [6.07, 6.45) is 8.02. The fraction of sp³-hybridized carbons (Fsp3) is 0.333. The monoisotopic (exact) mass is 396 g/mol. The molecule has 0 aromatic heterocycles. The molecule has 5 N–H and O–H groups in total. The summed E-state index contributed by atoms with van der Waals surface area (Å²) in [5, 5.41) is 16.2. The molecule has 1 unspecified atom stereocenters. The van der Waals surface area contributed by atoms with Crippen molar-refractivity contribution in [3.63, 3.8) is 0 Å². The number of benzene rings is 1. The number of carbonyl (C=O) groups excluding carboxylic acids is 2. The van der Waals surface area contributed by atoms with E-state index in [0.717, 1.165) is 17.0 Å². The SMILES string of the molecule is NC(=O)c1ccc(C2=C3C=CC=CN3C(C(=O)NC3(CO)CCOCC3)N2)cc1. The Balaban J connectivity index is 1.58. The zero-order chi connectivity index (χ0) is 20.4. The van der Waals surface area contributed by atoms with Gasteiger partial charge in [-0.05, 0) is 42.7 Å². The minimum atomic E-state index is -0.668. The molecular weight excluding hydrogens is 372 g/mol.